The fourth-order valence-corrected chi connectivity index (χ4v) is 1.13. The first-order chi connectivity index (χ1) is 7.50. The molecule has 0 saturated carbocycles. The van der Waals surface area contributed by atoms with Gasteiger partial charge in [0.1, 0.15) is 0 Å². The van der Waals surface area contributed by atoms with E-state index in [-0.39, 0.29) is 11.8 Å². The predicted octanol–water partition coefficient (Wildman–Crippen LogP) is 0.533. The van der Waals surface area contributed by atoms with Crippen LogP contribution in [0.2, 0.25) is 0 Å². The molecule has 5 nitrogen and oxygen atoms in total. The van der Waals surface area contributed by atoms with Crippen LogP contribution < -0.4 is 15.8 Å². The highest BCUT2D eigenvalue weighted by atomic mass is 16.2. The van der Waals surface area contributed by atoms with Gasteiger partial charge < -0.3 is 4.90 Å². The number of rotatable bonds is 2. The van der Waals surface area contributed by atoms with Crippen molar-refractivity contribution in [2.45, 2.75) is 6.92 Å². The van der Waals surface area contributed by atoms with Crippen LogP contribution in [-0.4, -0.2) is 25.9 Å². The average molecular weight is 221 g/mol. The van der Waals surface area contributed by atoms with Crippen LogP contribution in [0.1, 0.15) is 17.3 Å². The maximum atomic E-state index is 11.5. The third-order valence-electron chi connectivity index (χ3n) is 2.00. The Hall–Kier alpha value is -2.04. The zero-order valence-corrected chi connectivity index (χ0v) is 9.57. The molecule has 5 heteroatoms. The number of anilines is 1. The second-order valence-corrected chi connectivity index (χ2v) is 3.58. The van der Waals surface area contributed by atoms with E-state index in [0.29, 0.717) is 5.56 Å². The number of amides is 2. The zero-order valence-electron chi connectivity index (χ0n) is 9.57. The van der Waals surface area contributed by atoms with Gasteiger partial charge in [0, 0.05) is 32.3 Å². The van der Waals surface area contributed by atoms with Crippen LogP contribution in [0.4, 0.5) is 5.69 Å². The highest BCUT2D eigenvalue weighted by Gasteiger charge is 2.05. The van der Waals surface area contributed by atoms with Crippen molar-refractivity contribution in [3.63, 3.8) is 0 Å². The minimum atomic E-state index is -0.333. The lowest BCUT2D eigenvalue weighted by molar-refractivity contribution is -0.119. The molecule has 0 atom stereocenters. The molecule has 2 N–H and O–H groups in total. The van der Waals surface area contributed by atoms with E-state index in [9.17, 15) is 9.59 Å². The fraction of sp³-hybridized carbons (Fsp3) is 0.273. The first kappa shape index (κ1) is 12.0. The van der Waals surface area contributed by atoms with Crippen LogP contribution in [0.5, 0.6) is 0 Å². The van der Waals surface area contributed by atoms with E-state index in [1.54, 1.807) is 12.1 Å². The number of hydrogen-bond acceptors (Lipinski definition) is 3. The van der Waals surface area contributed by atoms with Gasteiger partial charge in [-0.05, 0) is 24.3 Å². The van der Waals surface area contributed by atoms with Crippen molar-refractivity contribution in [2.24, 2.45) is 0 Å². The van der Waals surface area contributed by atoms with E-state index in [1.807, 2.05) is 31.1 Å². The second-order valence-electron chi connectivity index (χ2n) is 3.58. The molecule has 1 aromatic carbocycles. The second kappa shape index (κ2) is 5.16. The monoisotopic (exact) mass is 221 g/mol. The highest BCUT2D eigenvalue weighted by molar-refractivity contribution is 5.95. The number of carbonyl (C=O) groups is 2. The third-order valence-corrected chi connectivity index (χ3v) is 2.00. The van der Waals surface area contributed by atoms with E-state index in [0.717, 1.165) is 5.69 Å². The van der Waals surface area contributed by atoms with E-state index < -0.39 is 0 Å². The molecule has 16 heavy (non-hydrogen) atoms. The van der Waals surface area contributed by atoms with E-state index in [1.165, 1.54) is 6.92 Å². The standard InChI is InChI=1S/C11H15N3O2/c1-8(15)12-13-11(16)9-4-6-10(7-5-9)14(2)3/h4-7H,1-3H3,(H,12,15)(H,13,16). The highest BCUT2D eigenvalue weighted by Crippen LogP contribution is 2.11. The molecule has 1 aromatic rings. The molecule has 0 saturated heterocycles. The minimum Gasteiger partial charge on any atom is -0.378 e. The first-order valence-corrected chi connectivity index (χ1v) is 4.85. The molecular formula is C11H15N3O2. The van der Waals surface area contributed by atoms with Gasteiger partial charge in [0.2, 0.25) is 5.91 Å². The molecule has 0 fully saturated rings. The Balaban J connectivity index is 2.66. The Labute approximate surface area is 94.4 Å². The van der Waals surface area contributed by atoms with Gasteiger partial charge in [-0.3, -0.25) is 20.4 Å². The van der Waals surface area contributed by atoms with Gasteiger partial charge in [0.15, 0.2) is 0 Å². The molecule has 0 aliphatic heterocycles. The van der Waals surface area contributed by atoms with Crippen LogP contribution in [-0.2, 0) is 4.79 Å². The van der Waals surface area contributed by atoms with Crippen molar-refractivity contribution in [3.05, 3.63) is 29.8 Å². The van der Waals surface area contributed by atoms with Gasteiger partial charge in [-0.2, -0.15) is 0 Å². The van der Waals surface area contributed by atoms with Crippen molar-refractivity contribution >= 4 is 17.5 Å². The molecule has 0 aromatic heterocycles. The number of hydrogen-bond donors (Lipinski definition) is 2. The summed E-state index contributed by atoms with van der Waals surface area (Å²) in [5.74, 6) is -0.640. The molecule has 1 rings (SSSR count). The van der Waals surface area contributed by atoms with E-state index in [2.05, 4.69) is 10.9 Å². The Bertz CT molecular complexity index is 385. The summed E-state index contributed by atoms with van der Waals surface area (Å²) in [5, 5.41) is 0. The van der Waals surface area contributed by atoms with Crippen LogP contribution >= 0.6 is 0 Å². The smallest absolute Gasteiger partial charge is 0.269 e. The maximum Gasteiger partial charge on any atom is 0.269 e. The molecular weight excluding hydrogens is 206 g/mol. The molecule has 0 aliphatic carbocycles. The van der Waals surface area contributed by atoms with Gasteiger partial charge in [-0.1, -0.05) is 0 Å². The predicted molar refractivity (Wildman–Crippen MR) is 62.1 cm³/mol. The van der Waals surface area contributed by atoms with Crippen molar-refractivity contribution in [1.29, 1.82) is 0 Å². The molecule has 0 unspecified atom stereocenters. The molecule has 0 bridgehead atoms. The number of hydrazine groups is 1. The Kier molecular flexibility index (Phi) is 3.88. The summed E-state index contributed by atoms with van der Waals surface area (Å²) in [6, 6.07) is 7.07. The molecule has 0 spiro atoms. The summed E-state index contributed by atoms with van der Waals surface area (Å²) >= 11 is 0. The van der Waals surface area contributed by atoms with Crippen LogP contribution in [0.3, 0.4) is 0 Å². The van der Waals surface area contributed by atoms with Crippen LogP contribution in [0.25, 0.3) is 0 Å². The quantitative estimate of drug-likeness (QED) is 0.716. The molecule has 86 valence electrons. The largest absolute Gasteiger partial charge is 0.378 e. The fourth-order valence-electron chi connectivity index (χ4n) is 1.13. The van der Waals surface area contributed by atoms with Gasteiger partial charge in [0.05, 0.1) is 0 Å². The molecule has 0 aliphatic rings. The average Bonchev–Trinajstić information content (AvgIpc) is 2.26. The van der Waals surface area contributed by atoms with Gasteiger partial charge >= 0.3 is 0 Å². The number of nitrogens with zero attached hydrogens (tertiary/aromatic N) is 1. The summed E-state index contributed by atoms with van der Waals surface area (Å²) in [7, 11) is 3.85. The van der Waals surface area contributed by atoms with Gasteiger partial charge in [-0.25, -0.2) is 0 Å². The number of carbonyl (C=O) groups excluding carboxylic acids is 2. The Morgan fingerprint density at radius 3 is 2.06 bits per heavy atom. The lowest BCUT2D eigenvalue weighted by Crippen LogP contribution is -2.40. The van der Waals surface area contributed by atoms with Crippen LogP contribution in [0, 0.1) is 0 Å². The third kappa shape index (κ3) is 3.27. The minimum absolute atomic E-state index is 0.307. The first-order valence-electron chi connectivity index (χ1n) is 4.85. The van der Waals surface area contributed by atoms with Crippen molar-refractivity contribution < 1.29 is 9.59 Å². The summed E-state index contributed by atoms with van der Waals surface area (Å²) in [6.45, 7) is 1.33. The van der Waals surface area contributed by atoms with E-state index in [4.69, 9.17) is 0 Å². The van der Waals surface area contributed by atoms with Crippen molar-refractivity contribution in [1.82, 2.24) is 10.9 Å². The SMILES string of the molecule is CC(=O)NNC(=O)c1ccc(N(C)C)cc1. The van der Waals surface area contributed by atoms with Gasteiger partial charge in [0.25, 0.3) is 5.91 Å². The summed E-state index contributed by atoms with van der Waals surface area (Å²) in [5.41, 5.74) is 6.04. The van der Waals surface area contributed by atoms with Crippen LogP contribution in [0.15, 0.2) is 24.3 Å². The Morgan fingerprint density at radius 1 is 1.06 bits per heavy atom. The summed E-state index contributed by atoms with van der Waals surface area (Å²) in [4.78, 5) is 24.0. The number of benzene rings is 1. The molecule has 0 radical (unpaired) electrons. The number of nitrogens with one attached hydrogen (secondary N) is 2. The maximum absolute atomic E-state index is 11.5. The lowest BCUT2D eigenvalue weighted by atomic mass is 10.2. The molecule has 0 heterocycles. The molecule has 2 amide bonds. The summed E-state index contributed by atoms with van der Waals surface area (Å²) in [6.07, 6.45) is 0. The van der Waals surface area contributed by atoms with E-state index >= 15 is 0 Å². The summed E-state index contributed by atoms with van der Waals surface area (Å²) < 4.78 is 0. The topological polar surface area (TPSA) is 61.4 Å². The van der Waals surface area contributed by atoms with Crippen molar-refractivity contribution in [2.75, 3.05) is 19.0 Å². The normalized spacial score (nSPS) is 9.44. The lowest BCUT2D eigenvalue weighted by Gasteiger charge is -2.12. The van der Waals surface area contributed by atoms with Crippen molar-refractivity contribution in [3.8, 4) is 0 Å². The van der Waals surface area contributed by atoms with Gasteiger partial charge in [-0.15, -0.1) is 0 Å². The Morgan fingerprint density at radius 2 is 1.62 bits per heavy atom. The zero-order chi connectivity index (χ0) is 12.1.